The monoisotopic (exact) mass is 900 g/mol. The van der Waals surface area contributed by atoms with Crippen LogP contribution in [-0.2, 0) is 32.3 Å². The van der Waals surface area contributed by atoms with Crippen molar-refractivity contribution < 1.29 is 55.8 Å². The van der Waals surface area contributed by atoms with E-state index in [1.807, 2.05) is 0 Å². The van der Waals surface area contributed by atoms with Gasteiger partial charge in [-0.25, -0.2) is 37.1 Å². The highest BCUT2D eigenvalue weighted by atomic mass is 32.1. The molecule has 0 radical (unpaired) electrons. The number of nitrogens with zero attached hydrogens (tertiary/aromatic N) is 2. The molecule has 3 heterocycles. The number of hydrogen-bond donors (Lipinski definition) is 0. The number of benzene rings is 5. The number of carbonyl (C=O) groups excluding carboxylic acids is 6. The molecule has 5 aromatic carbocycles. The second-order valence-electron chi connectivity index (χ2n) is 14.1. The van der Waals surface area contributed by atoms with Gasteiger partial charge in [-0.2, -0.15) is 0 Å². The number of carbonyl (C=O) groups is 6. The van der Waals surface area contributed by atoms with Gasteiger partial charge in [0.2, 0.25) is 23.1 Å². The van der Waals surface area contributed by atoms with Crippen molar-refractivity contribution in [3.63, 3.8) is 0 Å². The lowest BCUT2D eigenvalue weighted by Crippen LogP contribution is -2.10. The van der Waals surface area contributed by atoms with Crippen LogP contribution >= 0.6 is 34.0 Å². The Morgan fingerprint density at radius 3 is 1.56 bits per heavy atom. The van der Waals surface area contributed by atoms with Crippen LogP contribution in [-0.4, -0.2) is 45.0 Å². The minimum atomic E-state index is -1.22. The van der Waals surface area contributed by atoms with Crippen molar-refractivity contribution in [3.05, 3.63) is 163 Å². The fourth-order valence-electron chi connectivity index (χ4n) is 7.48. The number of halogens is 4. The van der Waals surface area contributed by atoms with Crippen molar-refractivity contribution >= 4 is 122 Å². The number of Topliss-reactive ketones (excluding diaryl/α,β-unsaturated/α-hetero) is 4. The van der Waals surface area contributed by atoms with Crippen molar-refractivity contribution in [3.8, 4) is 0 Å². The Bertz CT molecular complexity index is 3460. The molecule has 63 heavy (non-hydrogen) atoms. The quantitative estimate of drug-likeness (QED) is 0.0625. The standard InChI is InChI=1S/C46H20F4N2O8S3/c47-21-11-23-25(37(53)39(55)31(23)27(49)13-21)15-29-51-36-35(46(58)60-18-20-9-5-2-6-10-20)41-33(34(42(36)61-29)45(57)59-17-19-7-3-1-4-8-19)43-44(63-41)52-30(62-43)16-26-24-12-22(48)14-28(50)32(24)40(56)38(26)54/h1-16H,17-18H2/b25-15-,26-16-. The van der Waals surface area contributed by atoms with E-state index in [1.165, 1.54) is 6.08 Å². The maximum Gasteiger partial charge on any atom is 0.342 e. The van der Waals surface area contributed by atoms with Gasteiger partial charge in [0.25, 0.3) is 0 Å². The maximum absolute atomic E-state index is 14.8. The molecule has 0 unspecified atom stereocenters. The molecule has 10 nitrogen and oxygen atoms in total. The van der Waals surface area contributed by atoms with Crippen LogP contribution < -0.4 is 0 Å². The lowest BCUT2D eigenvalue weighted by molar-refractivity contribution is -0.110. The molecule has 2 aliphatic rings. The van der Waals surface area contributed by atoms with E-state index in [0.717, 1.165) is 52.2 Å². The summed E-state index contributed by atoms with van der Waals surface area (Å²) in [5.74, 6) is -10.7. The zero-order chi connectivity index (χ0) is 43.8. The molecule has 0 bridgehead atoms. The first kappa shape index (κ1) is 39.8. The maximum atomic E-state index is 14.8. The van der Waals surface area contributed by atoms with Gasteiger partial charge in [-0.1, -0.05) is 60.7 Å². The molecule has 0 saturated heterocycles. The smallest absolute Gasteiger partial charge is 0.342 e. The summed E-state index contributed by atoms with van der Waals surface area (Å²) in [7, 11) is 0. The van der Waals surface area contributed by atoms with E-state index in [-0.39, 0.29) is 81.8 Å². The fourth-order valence-corrected chi connectivity index (χ4v) is 11.0. The predicted octanol–water partition coefficient (Wildman–Crippen LogP) is 10.0. The molecule has 308 valence electrons. The van der Waals surface area contributed by atoms with E-state index in [2.05, 4.69) is 9.97 Å². The zero-order valence-electron chi connectivity index (χ0n) is 31.5. The molecule has 2 aliphatic carbocycles. The molecular formula is C46H20F4N2O8S3. The number of allylic oxidation sites excluding steroid dienone is 2. The summed E-state index contributed by atoms with van der Waals surface area (Å²) in [6.45, 7) is -0.347. The number of thiazole rings is 2. The molecule has 0 spiro atoms. The van der Waals surface area contributed by atoms with Crippen LogP contribution in [0.25, 0.3) is 53.1 Å². The van der Waals surface area contributed by atoms with Crippen molar-refractivity contribution in [2.75, 3.05) is 0 Å². The van der Waals surface area contributed by atoms with Crippen molar-refractivity contribution in [2.24, 2.45) is 0 Å². The van der Waals surface area contributed by atoms with E-state index in [4.69, 9.17) is 9.47 Å². The van der Waals surface area contributed by atoms with E-state index in [1.54, 1.807) is 60.7 Å². The van der Waals surface area contributed by atoms with Crippen molar-refractivity contribution in [1.29, 1.82) is 0 Å². The van der Waals surface area contributed by atoms with Crippen LogP contribution in [0.15, 0.2) is 84.9 Å². The first-order chi connectivity index (χ1) is 30.4. The van der Waals surface area contributed by atoms with Crippen LogP contribution in [0, 0.1) is 23.3 Å². The van der Waals surface area contributed by atoms with Crippen LogP contribution in [0.4, 0.5) is 17.6 Å². The average molecular weight is 901 g/mol. The van der Waals surface area contributed by atoms with Crippen LogP contribution in [0.1, 0.15) is 73.7 Å². The minimum absolute atomic E-state index is 0.0287. The molecule has 8 aromatic rings. The Morgan fingerprint density at radius 1 is 0.556 bits per heavy atom. The Morgan fingerprint density at radius 2 is 1.03 bits per heavy atom. The number of aromatic nitrogens is 2. The molecular weight excluding hydrogens is 881 g/mol. The minimum Gasteiger partial charge on any atom is -0.457 e. The summed E-state index contributed by atoms with van der Waals surface area (Å²) in [5.41, 5.74) is -1.33. The van der Waals surface area contributed by atoms with Crippen LogP contribution in [0.5, 0.6) is 0 Å². The highest BCUT2D eigenvalue weighted by Gasteiger charge is 2.39. The highest BCUT2D eigenvalue weighted by Crippen LogP contribution is 2.48. The number of hydrogen-bond acceptors (Lipinski definition) is 13. The van der Waals surface area contributed by atoms with Crippen LogP contribution in [0.3, 0.4) is 0 Å². The average Bonchev–Trinajstić information content (AvgIpc) is 4.05. The predicted molar refractivity (Wildman–Crippen MR) is 226 cm³/mol. The van der Waals surface area contributed by atoms with Gasteiger partial charge in [0.05, 0.1) is 36.3 Å². The lowest BCUT2D eigenvalue weighted by atomic mass is 10.0. The Balaban J connectivity index is 1.20. The number of ether oxygens (including phenoxy) is 2. The molecule has 0 fully saturated rings. The molecule has 0 saturated carbocycles. The summed E-state index contributed by atoms with van der Waals surface area (Å²) in [6, 6.07) is 20.3. The topological polar surface area (TPSA) is 147 Å². The molecule has 0 aliphatic heterocycles. The second kappa shape index (κ2) is 15.2. The number of rotatable bonds is 8. The van der Waals surface area contributed by atoms with E-state index >= 15 is 0 Å². The summed E-state index contributed by atoms with van der Waals surface area (Å²) in [6.07, 6.45) is 2.37. The number of ketones is 4. The molecule has 10 rings (SSSR count). The zero-order valence-corrected chi connectivity index (χ0v) is 34.0. The summed E-state index contributed by atoms with van der Waals surface area (Å²) < 4.78 is 70.6. The van der Waals surface area contributed by atoms with Gasteiger partial charge in [0.1, 0.15) is 56.9 Å². The highest BCUT2D eigenvalue weighted by molar-refractivity contribution is 7.33. The third-order valence-electron chi connectivity index (χ3n) is 10.3. The third-order valence-corrected chi connectivity index (χ3v) is 13.5. The molecule has 3 aromatic heterocycles. The first-order valence-electron chi connectivity index (χ1n) is 18.6. The Kier molecular flexibility index (Phi) is 9.61. The van der Waals surface area contributed by atoms with Gasteiger partial charge in [-0.15, -0.1) is 34.0 Å². The van der Waals surface area contributed by atoms with Crippen molar-refractivity contribution in [1.82, 2.24) is 9.97 Å². The largest absolute Gasteiger partial charge is 0.457 e. The number of thiophene rings is 1. The Labute approximate surface area is 362 Å². The van der Waals surface area contributed by atoms with Gasteiger partial charge in [0.15, 0.2) is 0 Å². The third kappa shape index (κ3) is 6.68. The van der Waals surface area contributed by atoms with E-state index in [0.29, 0.717) is 28.0 Å². The molecule has 0 amide bonds. The van der Waals surface area contributed by atoms with Gasteiger partial charge in [0, 0.05) is 39.8 Å². The second-order valence-corrected chi connectivity index (χ2v) is 17.2. The van der Waals surface area contributed by atoms with Gasteiger partial charge in [-0.05, 0) is 35.4 Å². The first-order valence-corrected chi connectivity index (χ1v) is 21.0. The number of fused-ring (bicyclic) bond motifs is 6. The fraction of sp³-hybridized carbons (Fsp3) is 0.0435. The lowest BCUT2D eigenvalue weighted by Gasteiger charge is -2.11. The van der Waals surface area contributed by atoms with Crippen molar-refractivity contribution in [2.45, 2.75) is 13.2 Å². The SMILES string of the molecule is O=C1C(=O)c2c(F)cc(F)cc2/C1=C/c1nc2c(C(=O)OCc3ccccc3)c3sc4nc(/C=C5\C(=O)C(=O)c6c(F)cc(F)cc65)sc4c3c(C(=O)OCc3ccccc3)c2s1. The normalized spacial score (nSPS) is 14.8. The van der Waals surface area contributed by atoms with Gasteiger partial charge < -0.3 is 9.47 Å². The van der Waals surface area contributed by atoms with E-state index < -0.39 is 69.5 Å². The molecule has 17 heteroatoms. The van der Waals surface area contributed by atoms with Gasteiger partial charge >= 0.3 is 11.9 Å². The number of esters is 2. The summed E-state index contributed by atoms with van der Waals surface area (Å²) in [4.78, 5) is 90.4. The molecule has 0 N–H and O–H groups in total. The van der Waals surface area contributed by atoms with Crippen LogP contribution in [0.2, 0.25) is 0 Å². The van der Waals surface area contributed by atoms with Gasteiger partial charge in [-0.3, -0.25) is 19.2 Å². The van der Waals surface area contributed by atoms with E-state index in [9.17, 15) is 46.3 Å². The Hall–Kier alpha value is -7.34. The summed E-state index contributed by atoms with van der Waals surface area (Å²) in [5, 5.41) is 0.255. The summed E-state index contributed by atoms with van der Waals surface area (Å²) >= 11 is 2.74. The molecule has 0 atom stereocenters.